The quantitative estimate of drug-likeness (QED) is 0.0300. The predicted molar refractivity (Wildman–Crippen MR) is 197 cm³/mol. The molecule has 0 aliphatic carbocycles. The lowest BCUT2D eigenvalue weighted by Crippen LogP contribution is -1.98. The van der Waals surface area contributed by atoms with E-state index in [0.717, 1.165) is 103 Å². The van der Waals surface area contributed by atoms with Gasteiger partial charge < -0.3 is 18.9 Å². The van der Waals surface area contributed by atoms with E-state index in [-0.39, 0.29) is 11.9 Å². The molecule has 0 bridgehead atoms. The number of carbonyl (C=O) groups excluding carboxylic acids is 2. The second-order valence-corrected chi connectivity index (χ2v) is 12.8. The third kappa shape index (κ3) is 27.4. The van der Waals surface area contributed by atoms with Crippen molar-refractivity contribution in [2.24, 2.45) is 0 Å². The molecule has 272 valence electrons. The highest BCUT2D eigenvalue weighted by Crippen LogP contribution is 2.28. The summed E-state index contributed by atoms with van der Waals surface area (Å²) in [4.78, 5) is 21.9. The Hall–Kier alpha value is -2.54. The molecule has 4 atom stereocenters. The van der Waals surface area contributed by atoms with Crippen molar-refractivity contribution in [3.8, 4) is 23.7 Å². The maximum atomic E-state index is 10.9. The lowest BCUT2D eigenvalue weighted by atomic mass is 10.1. The molecule has 0 amide bonds. The molecule has 0 aromatic carbocycles. The normalized spacial score (nSPS) is 19.1. The Kier molecular flexibility index (Phi) is 28.7. The first-order valence-corrected chi connectivity index (χ1v) is 19.2. The van der Waals surface area contributed by atoms with Gasteiger partial charge in [0, 0.05) is 38.5 Å². The predicted octanol–water partition coefficient (Wildman–Crippen LogP) is 10.4. The van der Waals surface area contributed by atoms with Gasteiger partial charge in [0.05, 0.1) is 38.6 Å². The van der Waals surface area contributed by atoms with Gasteiger partial charge in [-0.2, -0.15) is 0 Å². The van der Waals surface area contributed by atoms with E-state index >= 15 is 0 Å². The van der Waals surface area contributed by atoms with Crippen molar-refractivity contribution in [3.05, 3.63) is 24.3 Å². The van der Waals surface area contributed by atoms with Gasteiger partial charge in [0.1, 0.15) is 0 Å². The summed E-state index contributed by atoms with van der Waals surface area (Å²) < 4.78 is 20.2. The van der Waals surface area contributed by atoms with Crippen molar-refractivity contribution < 1.29 is 28.5 Å². The van der Waals surface area contributed by atoms with E-state index < -0.39 is 0 Å². The Labute approximate surface area is 294 Å². The Bertz CT molecular complexity index is 993. The Morgan fingerprint density at radius 1 is 0.521 bits per heavy atom. The number of ether oxygens (including phenoxy) is 4. The maximum Gasteiger partial charge on any atom is 0.305 e. The van der Waals surface area contributed by atoms with E-state index in [1.807, 2.05) is 0 Å². The second kappa shape index (κ2) is 31.7. The number of carbonyl (C=O) groups is 2. The summed E-state index contributed by atoms with van der Waals surface area (Å²) in [5, 5.41) is 0. The number of hydrogen-bond donors (Lipinski definition) is 0. The fourth-order valence-corrected chi connectivity index (χ4v) is 5.36. The molecule has 0 aromatic rings. The molecule has 0 spiro atoms. The smallest absolute Gasteiger partial charge is 0.305 e. The van der Waals surface area contributed by atoms with Gasteiger partial charge in [-0.25, -0.2) is 0 Å². The van der Waals surface area contributed by atoms with Crippen LogP contribution in [-0.2, 0) is 28.5 Å². The summed E-state index contributed by atoms with van der Waals surface area (Å²) in [6.45, 7) is 4.34. The fraction of sp³-hybridized carbons (Fsp3) is 0.762. The molecule has 0 radical (unpaired) electrons. The Morgan fingerprint density at radius 3 is 1.44 bits per heavy atom. The molecule has 2 aliphatic rings. The number of epoxide rings is 2. The van der Waals surface area contributed by atoms with Crippen LogP contribution in [0.25, 0.3) is 0 Å². The van der Waals surface area contributed by atoms with Crippen LogP contribution in [0.3, 0.4) is 0 Å². The van der Waals surface area contributed by atoms with Crippen molar-refractivity contribution in [2.45, 2.75) is 192 Å². The van der Waals surface area contributed by atoms with Crippen LogP contribution in [0.5, 0.6) is 0 Å². The Morgan fingerprint density at radius 2 is 0.938 bits per heavy atom. The van der Waals surface area contributed by atoms with E-state index in [0.29, 0.717) is 37.3 Å². The van der Waals surface area contributed by atoms with Gasteiger partial charge in [0.15, 0.2) is 0 Å². The number of methoxy groups -OCH3 is 2. The molecule has 6 nitrogen and oxygen atoms in total. The first kappa shape index (κ1) is 43.5. The molecule has 2 heterocycles. The van der Waals surface area contributed by atoms with Crippen LogP contribution >= 0.6 is 0 Å². The Balaban J connectivity index is 0.000000480. The minimum atomic E-state index is -0.106. The second-order valence-electron chi connectivity index (χ2n) is 12.8. The van der Waals surface area contributed by atoms with Crippen molar-refractivity contribution in [3.63, 3.8) is 0 Å². The fourth-order valence-electron chi connectivity index (χ4n) is 5.36. The van der Waals surface area contributed by atoms with Crippen molar-refractivity contribution in [2.75, 3.05) is 14.2 Å². The van der Waals surface area contributed by atoms with E-state index in [2.05, 4.69) is 71.3 Å². The summed E-state index contributed by atoms with van der Waals surface area (Å²) in [5.74, 6) is 12.7. The molecular formula is C42H68O6. The monoisotopic (exact) mass is 669 g/mol. The molecule has 2 fully saturated rings. The first-order chi connectivity index (χ1) is 23.5. The summed E-state index contributed by atoms with van der Waals surface area (Å²) in [6.07, 6.45) is 36.6. The number of hydrogen-bond acceptors (Lipinski definition) is 6. The van der Waals surface area contributed by atoms with Crippen LogP contribution in [0.1, 0.15) is 168 Å². The number of rotatable bonds is 26. The van der Waals surface area contributed by atoms with Crippen molar-refractivity contribution >= 4 is 11.9 Å². The summed E-state index contributed by atoms with van der Waals surface area (Å²) in [5.41, 5.74) is 0. The molecule has 6 heteroatoms. The van der Waals surface area contributed by atoms with Gasteiger partial charge in [-0.05, 0) is 89.9 Å². The largest absolute Gasteiger partial charge is 0.469 e. The molecule has 0 saturated carbocycles. The van der Waals surface area contributed by atoms with Gasteiger partial charge in [-0.1, -0.05) is 63.8 Å². The SMILES string of the molecule is CCC1OC1C/C=C\CCCC/C=C\CCCCCCC(=O)OC.CCC1OC1CC#CCCCCC#CCCCCCCC(=O)OC. The molecule has 2 saturated heterocycles. The van der Waals surface area contributed by atoms with Gasteiger partial charge in [-0.15, -0.1) is 23.7 Å². The van der Waals surface area contributed by atoms with Gasteiger partial charge >= 0.3 is 11.9 Å². The summed E-state index contributed by atoms with van der Waals surface area (Å²) in [6, 6.07) is 0. The lowest BCUT2D eigenvalue weighted by Gasteiger charge is -1.99. The minimum absolute atomic E-state index is 0.0873. The van der Waals surface area contributed by atoms with Crippen LogP contribution < -0.4 is 0 Å². The highest BCUT2D eigenvalue weighted by Gasteiger charge is 2.36. The number of unbranched alkanes of at least 4 members (excludes halogenated alkanes) is 14. The highest BCUT2D eigenvalue weighted by atomic mass is 16.6. The van der Waals surface area contributed by atoms with Gasteiger partial charge in [-0.3, -0.25) is 9.59 Å². The number of allylic oxidation sites excluding steroid dienone is 3. The van der Waals surface area contributed by atoms with E-state index in [1.54, 1.807) is 0 Å². The van der Waals surface area contributed by atoms with Gasteiger partial charge in [0.25, 0.3) is 0 Å². The maximum absolute atomic E-state index is 10.9. The molecule has 2 aliphatic heterocycles. The van der Waals surface area contributed by atoms with Crippen LogP contribution in [0.4, 0.5) is 0 Å². The zero-order chi connectivity index (χ0) is 34.9. The van der Waals surface area contributed by atoms with Gasteiger partial charge in [0.2, 0.25) is 0 Å². The zero-order valence-electron chi connectivity index (χ0n) is 31.0. The van der Waals surface area contributed by atoms with E-state index in [9.17, 15) is 9.59 Å². The minimum Gasteiger partial charge on any atom is -0.469 e. The van der Waals surface area contributed by atoms with Crippen LogP contribution in [0.2, 0.25) is 0 Å². The molecular weight excluding hydrogens is 600 g/mol. The molecule has 48 heavy (non-hydrogen) atoms. The molecule has 0 aromatic heterocycles. The third-order valence-electron chi connectivity index (χ3n) is 8.67. The van der Waals surface area contributed by atoms with Crippen molar-refractivity contribution in [1.82, 2.24) is 0 Å². The average Bonchev–Trinajstić information content (AvgIpc) is 4.04. The third-order valence-corrected chi connectivity index (χ3v) is 8.67. The summed E-state index contributed by atoms with van der Waals surface area (Å²) in [7, 11) is 2.89. The molecule has 0 N–H and O–H groups in total. The van der Waals surface area contributed by atoms with Crippen LogP contribution in [0, 0.1) is 23.7 Å². The topological polar surface area (TPSA) is 77.7 Å². The lowest BCUT2D eigenvalue weighted by molar-refractivity contribution is -0.141. The standard InChI is InChI=1S/C21H36O3.C21H32O3/c2*1-3-19-20(24-19)17-15-13-11-9-7-5-4-6-8-10-12-14-16-18-21(22)23-2/h4,6,13,15,19-20H,3,5,7-12,14,16-18H2,1-2H3;19-20H,3,5,7-12,14,16-18H2,1-2H3/b6-4-,15-13-;. The first-order valence-electron chi connectivity index (χ1n) is 19.2. The molecule has 2 rings (SSSR count). The van der Waals surface area contributed by atoms with Crippen LogP contribution in [-0.4, -0.2) is 50.6 Å². The highest BCUT2D eigenvalue weighted by molar-refractivity contribution is 5.69. The van der Waals surface area contributed by atoms with Crippen LogP contribution in [0.15, 0.2) is 24.3 Å². The average molecular weight is 669 g/mol. The zero-order valence-corrected chi connectivity index (χ0v) is 31.0. The van der Waals surface area contributed by atoms with E-state index in [1.165, 1.54) is 52.7 Å². The summed E-state index contributed by atoms with van der Waals surface area (Å²) >= 11 is 0. The van der Waals surface area contributed by atoms with E-state index in [4.69, 9.17) is 9.47 Å². The molecule has 4 unspecified atom stereocenters. The number of esters is 2. The van der Waals surface area contributed by atoms with Crippen molar-refractivity contribution in [1.29, 1.82) is 0 Å².